The van der Waals surface area contributed by atoms with Gasteiger partial charge in [0.1, 0.15) is 0 Å². The second kappa shape index (κ2) is 41.1. The van der Waals surface area contributed by atoms with Gasteiger partial charge in [0.15, 0.2) is 0 Å². The standard InChI is InChI=1S/C52H108N4/c1-9-11-13-15-17-19-21-23-25-27-29-31-33-35-37-39-47-55(7,51-43-45-53(3)4)49-41-42-50-56(8,52-44-46-54(5)6)48-40-38-36-34-32-30-28-26-24-22-20-18-16-14-12-10-2/h23-26H,9-22,27-52H2,1-8H3/q+2/b25-23-,26-24-. The Balaban J connectivity index is 4.44. The average molecular weight is 789 g/mol. The first-order chi connectivity index (χ1) is 27.2. The van der Waals surface area contributed by atoms with Crippen LogP contribution in [0.15, 0.2) is 24.3 Å². The Kier molecular flexibility index (Phi) is 40.6. The van der Waals surface area contributed by atoms with Crippen LogP contribution in [-0.2, 0) is 0 Å². The molecule has 0 bridgehead atoms. The number of allylic oxidation sites excluding steroid dienone is 4. The molecule has 0 radical (unpaired) electrons. The molecule has 0 amide bonds. The monoisotopic (exact) mass is 789 g/mol. The van der Waals surface area contributed by atoms with Crippen LogP contribution in [0.2, 0.25) is 0 Å². The molecule has 0 rings (SSSR count). The molecule has 2 unspecified atom stereocenters. The van der Waals surface area contributed by atoms with Crippen LogP contribution in [0.3, 0.4) is 0 Å². The molecule has 0 aliphatic carbocycles. The third-order valence-corrected chi connectivity index (χ3v) is 12.7. The minimum atomic E-state index is 1.22. The summed E-state index contributed by atoms with van der Waals surface area (Å²) in [6.07, 6.45) is 54.3. The molecule has 4 nitrogen and oxygen atoms in total. The Morgan fingerprint density at radius 3 is 0.768 bits per heavy atom. The lowest BCUT2D eigenvalue weighted by Gasteiger charge is -2.37. The molecule has 0 saturated carbocycles. The number of hydrogen-bond donors (Lipinski definition) is 0. The zero-order valence-corrected chi connectivity index (χ0v) is 40.4. The second-order valence-electron chi connectivity index (χ2n) is 19.5. The van der Waals surface area contributed by atoms with Gasteiger partial charge in [0, 0.05) is 38.8 Å². The third-order valence-electron chi connectivity index (χ3n) is 12.7. The first-order valence-corrected chi connectivity index (χ1v) is 25.4. The minimum absolute atomic E-state index is 1.22. The molecule has 0 aliphatic rings. The second-order valence-corrected chi connectivity index (χ2v) is 19.5. The summed E-state index contributed by atoms with van der Waals surface area (Å²) in [6.45, 7) is 15.2. The third kappa shape index (κ3) is 40.1. The van der Waals surface area contributed by atoms with Crippen LogP contribution in [0.5, 0.6) is 0 Å². The van der Waals surface area contributed by atoms with Gasteiger partial charge in [-0.15, -0.1) is 0 Å². The average Bonchev–Trinajstić information content (AvgIpc) is 3.16. The van der Waals surface area contributed by atoms with E-state index >= 15 is 0 Å². The van der Waals surface area contributed by atoms with Gasteiger partial charge in [-0.25, -0.2) is 0 Å². The van der Waals surface area contributed by atoms with Crippen molar-refractivity contribution in [1.82, 2.24) is 9.80 Å². The maximum Gasteiger partial charge on any atom is 0.0796 e. The van der Waals surface area contributed by atoms with E-state index in [1.54, 1.807) is 0 Å². The van der Waals surface area contributed by atoms with Crippen molar-refractivity contribution in [2.45, 2.75) is 219 Å². The Labute approximate surface area is 355 Å². The highest BCUT2D eigenvalue weighted by molar-refractivity contribution is 4.82. The SMILES string of the molecule is CCCCCCCC/C=C\CCCCCCCC[N+](C)(CCCC[N+](C)(CCCCCCCC/C=C\CCCCCCCC)CCCN(C)C)CCCN(C)C. The molecule has 334 valence electrons. The Morgan fingerprint density at radius 2 is 0.500 bits per heavy atom. The molecule has 56 heavy (non-hydrogen) atoms. The summed E-state index contributed by atoms with van der Waals surface area (Å²) >= 11 is 0. The first kappa shape index (κ1) is 55.3. The van der Waals surface area contributed by atoms with Crippen molar-refractivity contribution < 1.29 is 8.97 Å². The molecule has 0 spiro atoms. The topological polar surface area (TPSA) is 6.48 Å². The van der Waals surface area contributed by atoms with Crippen LogP contribution in [-0.4, -0.2) is 113 Å². The van der Waals surface area contributed by atoms with Gasteiger partial charge in [0.25, 0.3) is 0 Å². The summed E-state index contributed by atoms with van der Waals surface area (Å²) in [5.41, 5.74) is 0. The fraction of sp³-hybridized carbons (Fsp3) is 0.923. The smallest absolute Gasteiger partial charge is 0.0796 e. The molecular formula is C52H108N4+2. The summed E-state index contributed by atoms with van der Waals surface area (Å²) in [5.74, 6) is 0. The van der Waals surface area contributed by atoms with Crippen LogP contribution in [0, 0.1) is 0 Å². The van der Waals surface area contributed by atoms with E-state index in [4.69, 9.17) is 0 Å². The van der Waals surface area contributed by atoms with Crippen molar-refractivity contribution in [1.29, 1.82) is 0 Å². The van der Waals surface area contributed by atoms with Crippen LogP contribution < -0.4 is 0 Å². The van der Waals surface area contributed by atoms with E-state index in [-0.39, 0.29) is 0 Å². The summed E-state index contributed by atoms with van der Waals surface area (Å²) in [7, 11) is 14.1. The summed E-state index contributed by atoms with van der Waals surface area (Å²) in [4.78, 5) is 4.75. The molecule has 0 fully saturated rings. The molecule has 0 heterocycles. The Morgan fingerprint density at radius 1 is 0.286 bits per heavy atom. The maximum absolute atomic E-state index is 2.59. The largest absolute Gasteiger partial charge is 0.326 e. The van der Waals surface area contributed by atoms with Gasteiger partial charge < -0.3 is 18.8 Å². The fourth-order valence-corrected chi connectivity index (χ4v) is 8.68. The van der Waals surface area contributed by atoms with E-state index in [2.05, 4.69) is 90.2 Å². The predicted molar refractivity (Wildman–Crippen MR) is 256 cm³/mol. The molecule has 0 aromatic carbocycles. The minimum Gasteiger partial charge on any atom is -0.326 e. The normalized spacial score (nSPS) is 14.5. The Hall–Kier alpha value is -0.680. The molecule has 2 atom stereocenters. The number of rotatable bonds is 45. The van der Waals surface area contributed by atoms with Gasteiger partial charge in [-0.05, 0) is 105 Å². The van der Waals surface area contributed by atoms with Crippen LogP contribution in [0.1, 0.15) is 219 Å². The lowest BCUT2D eigenvalue weighted by atomic mass is 10.1. The van der Waals surface area contributed by atoms with Crippen LogP contribution >= 0.6 is 0 Å². The summed E-state index contributed by atoms with van der Waals surface area (Å²) in [6, 6.07) is 0. The molecular weight excluding hydrogens is 681 g/mol. The van der Waals surface area contributed by atoms with Gasteiger partial charge >= 0.3 is 0 Å². The van der Waals surface area contributed by atoms with Gasteiger partial charge in [-0.2, -0.15) is 0 Å². The van der Waals surface area contributed by atoms with Crippen LogP contribution in [0.25, 0.3) is 0 Å². The van der Waals surface area contributed by atoms with Crippen molar-refractivity contribution >= 4 is 0 Å². The summed E-state index contributed by atoms with van der Waals surface area (Å²) < 4.78 is 2.58. The van der Waals surface area contributed by atoms with Crippen molar-refractivity contribution in [3.8, 4) is 0 Å². The highest BCUT2D eigenvalue weighted by atomic mass is 15.3. The zero-order chi connectivity index (χ0) is 41.3. The highest BCUT2D eigenvalue weighted by Gasteiger charge is 2.24. The molecule has 0 aromatic heterocycles. The van der Waals surface area contributed by atoms with Gasteiger partial charge in [-0.3, -0.25) is 0 Å². The quantitative estimate of drug-likeness (QED) is 0.0344. The molecule has 0 N–H and O–H groups in total. The van der Waals surface area contributed by atoms with E-state index in [1.807, 2.05) is 0 Å². The highest BCUT2D eigenvalue weighted by Crippen LogP contribution is 2.17. The number of unbranched alkanes of at least 4 members (excludes halogenated alkanes) is 25. The van der Waals surface area contributed by atoms with E-state index in [9.17, 15) is 0 Å². The lowest BCUT2D eigenvalue weighted by molar-refractivity contribution is -0.916. The van der Waals surface area contributed by atoms with Gasteiger partial charge in [0.2, 0.25) is 0 Å². The predicted octanol–water partition coefficient (Wildman–Crippen LogP) is 14.6. The molecule has 0 saturated heterocycles. The Bertz CT molecular complexity index is 769. The van der Waals surface area contributed by atoms with Crippen LogP contribution in [0.4, 0.5) is 0 Å². The van der Waals surface area contributed by atoms with Crippen molar-refractivity contribution in [3.63, 3.8) is 0 Å². The summed E-state index contributed by atoms with van der Waals surface area (Å²) in [5, 5.41) is 0. The van der Waals surface area contributed by atoms with Crippen molar-refractivity contribution in [2.24, 2.45) is 0 Å². The molecule has 4 heteroatoms. The van der Waals surface area contributed by atoms with E-state index in [0.29, 0.717) is 0 Å². The number of hydrogen-bond acceptors (Lipinski definition) is 2. The number of nitrogens with zero attached hydrogens (tertiary/aromatic N) is 4. The van der Waals surface area contributed by atoms with E-state index < -0.39 is 0 Å². The fourth-order valence-electron chi connectivity index (χ4n) is 8.68. The van der Waals surface area contributed by atoms with E-state index in [0.717, 1.165) is 0 Å². The maximum atomic E-state index is 2.59. The van der Waals surface area contributed by atoms with Crippen molar-refractivity contribution in [3.05, 3.63) is 24.3 Å². The van der Waals surface area contributed by atoms with Gasteiger partial charge in [0.05, 0.1) is 53.4 Å². The lowest BCUT2D eigenvalue weighted by Crippen LogP contribution is -2.49. The van der Waals surface area contributed by atoms with E-state index in [1.165, 1.54) is 267 Å². The molecule has 0 aliphatic heterocycles. The number of quaternary nitrogens is 2. The molecule has 0 aromatic rings. The zero-order valence-electron chi connectivity index (χ0n) is 40.4. The van der Waals surface area contributed by atoms with Gasteiger partial charge in [-0.1, -0.05) is 141 Å². The first-order valence-electron chi connectivity index (χ1n) is 25.4. The van der Waals surface area contributed by atoms with Crippen molar-refractivity contribution in [2.75, 3.05) is 94.6 Å².